The molecule has 0 aliphatic heterocycles. The molecule has 37 heavy (non-hydrogen) atoms. The maximum atomic E-state index is 12.3. The first kappa shape index (κ1) is 23.9. The second-order valence-electron chi connectivity index (χ2n) is 8.02. The van der Waals surface area contributed by atoms with Gasteiger partial charge in [0.15, 0.2) is 5.65 Å². The molecule has 10 nitrogen and oxygen atoms in total. The summed E-state index contributed by atoms with van der Waals surface area (Å²) in [6.07, 6.45) is 1.45. The standard InChI is InChI=1S/C26H23ClN8O2/c1-37-21-7-3-6-20(13-21)33-26(36)28-14-16-8-10-18(11-9-16)31-25-22-23(29-15-30-24(22)34-35-25)32-19-5-2-4-17(27)12-19/h2-13,15H,14H2,1H3,(H2,28,33,36)(H3,29,30,31,32,34,35). The Morgan fingerprint density at radius 1 is 0.946 bits per heavy atom. The van der Waals surface area contributed by atoms with E-state index in [1.165, 1.54) is 6.33 Å². The number of H-pyrrole nitrogens is 1. The van der Waals surface area contributed by atoms with Crippen LogP contribution in [0.2, 0.25) is 5.02 Å². The lowest BCUT2D eigenvalue weighted by Crippen LogP contribution is -2.28. The Labute approximate surface area is 217 Å². The van der Waals surface area contributed by atoms with Gasteiger partial charge in [0.25, 0.3) is 0 Å². The summed E-state index contributed by atoms with van der Waals surface area (Å²) >= 11 is 6.11. The van der Waals surface area contributed by atoms with E-state index < -0.39 is 0 Å². The van der Waals surface area contributed by atoms with Gasteiger partial charge in [0.1, 0.15) is 29.1 Å². The molecule has 3 aromatic carbocycles. The Morgan fingerprint density at radius 3 is 2.57 bits per heavy atom. The molecule has 0 radical (unpaired) electrons. The van der Waals surface area contributed by atoms with E-state index in [1.54, 1.807) is 25.3 Å². The van der Waals surface area contributed by atoms with Crippen LogP contribution in [-0.2, 0) is 6.54 Å². The van der Waals surface area contributed by atoms with Crippen LogP contribution in [0.3, 0.4) is 0 Å². The number of carbonyl (C=O) groups is 1. The minimum Gasteiger partial charge on any atom is -0.497 e. The smallest absolute Gasteiger partial charge is 0.319 e. The van der Waals surface area contributed by atoms with Crippen molar-refractivity contribution in [3.05, 3.63) is 89.7 Å². The van der Waals surface area contributed by atoms with E-state index in [0.717, 1.165) is 16.9 Å². The number of ether oxygens (including phenoxy) is 1. The summed E-state index contributed by atoms with van der Waals surface area (Å²) in [4.78, 5) is 20.9. The second kappa shape index (κ2) is 10.8. The van der Waals surface area contributed by atoms with Crippen LogP contribution in [0.15, 0.2) is 79.1 Å². The van der Waals surface area contributed by atoms with E-state index in [9.17, 15) is 4.79 Å². The predicted octanol–water partition coefficient (Wildman–Crippen LogP) is 5.82. The molecule has 0 saturated heterocycles. The molecule has 0 aliphatic rings. The summed E-state index contributed by atoms with van der Waals surface area (Å²) in [6.45, 7) is 0.366. The molecular formula is C26H23ClN8O2. The van der Waals surface area contributed by atoms with Gasteiger partial charge in [-0.3, -0.25) is 5.10 Å². The number of anilines is 5. The number of benzene rings is 3. The molecule has 5 aromatic rings. The molecule has 186 valence electrons. The van der Waals surface area contributed by atoms with Crippen LogP contribution in [0.4, 0.5) is 33.5 Å². The number of hydrogen-bond acceptors (Lipinski definition) is 7. The summed E-state index contributed by atoms with van der Waals surface area (Å²) in [5.41, 5.74) is 3.73. The van der Waals surface area contributed by atoms with Crippen molar-refractivity contribution in [2.24, 2.45) is 0 Å². The monoisotopic (exact) mass is 514 g/mol. The van der Waals surface area contributed by atoms with E-state index >= 15 is 0 Å². The maximum absolute atomic E-state index is 12.3. The van der Waals surface area contributed by atoms with Gasteiger partial charge in [-0.15, -0.1) is 0 Å². The van der Waals surface area contributed by atoms with Crippen LogP contribution in [0.5, 0.6) is 5.75 Å². The molecule has 0 aliphatic carbocycles. The molecule has 0 bridgehead atoms. The highest BCUT2D eigenvalue weighted by atomic mass is 35.5. The van der Waals surface area contributed by atoms with Crippen LogP contribution in [0.1, 0.15) is 5.56 Å². The van der Waals surface area contributed by atoms with Gasteiger partial charge in [0.2, 0.25) is 0 Å². The largest absolute Gasteiger partial charge is 0.497 e. The fourth-order valence-electron chi connectivity index (χ4n) is 3.65. The first-order valence-corrected chi connectivity index (χ1v) is 11.7. The highest BCUT2D eigenvalue weighted by Gasteiger charge is 2.13. The van der Waals surface area contributed by atoms with Crippen LogP contribution in [0.25, 0.3) is 11.0 Å². The quantitative estimate of drug-likeness (QED) is 0.176. The first-order valence-electron chi connectivity index (χ1n) is 11.3. The van der Waals surface area contributed by atoms with Gasteiger partial charge in [0.05, 0.1) is 7.11 Å². The number of methoxy groups -OCH3 is 1. The third kappa shape index (κ3) is 5.88. The van der Waals surface area contributed by atoms with Crippen molar-refractivity contribution in [3.8, 4) is 5.75 Å². The van der Waals surface area contributed by atoms with Crippen LogP contribution >= 0.6 is 11.6 Å². The molecule has 2 heterocycles. The van der Waals surface area contributed by atoms with Crippen molar-refractivity contribution in [2.45, 2.75) is 6.54 Å². The number of nitrogens with zero attached hydrogens (tertiary/aromatic N) is 3. The van der Waals surface area contributed by atoms with E-state index in [4.69, 9.17) is 16.3 Å². The Balaban J connectivity index is 1.23. The molecule has 5 rings (SSSR count). The van der Waals surface area contributed by atoms with Gasteiger partial charge >= 0.3 is 6.03 Å². The molecule has 0 unspecified atom stereocenters. The van der Waals surface area contributed by atoms with E-state index in [-0.39, 0.29) is 6.03 Å². The molecule has 11 heteroatoms. The fraction of sp³-hybridized carbons (Fsp3) is 0.0769. The number of fused-ring (bicyclic) bond motifs is 1. The van der Waals surface area contributed by atoms with Gasteiger partial charge in [-0.1, -0.05) is 35.9 Å². The van der Waals surface area contributed by atoms with Crippen LogP contribution in [-0.4, -0.2) is 33.3 Å². The van der Waals surface area contributed by atoms with Crippen molar-refractivity contribution in [1.82, 2.24) is 25.5 Å². The zero-order chi connectivity index (χ0) is 25.6. The number of halogens is 1. The molecular weight excluding hydrogens is 492 g/mol. The average molecular weight is 515 g/mol. The third-order valence-corrected chi connectivity index (χ3v) is 5.68. The van der Waals surface area contributed by atoms with Crippen molar-refractivity contribution in [2.75, 3.05) is 23.1 Å². The molecule has 2 aromatic heterocycles. The zero-order valence-corrected chi connectivity index (χ0v) is 20.5. The summed E-state index contributed by atoms with van der Waals surface area (Å²) < 4.78 is 5.18. The van der Waals surface area contributed by atoms with Gasteiger partial charge in [-0.2, -0.15) is 5.10 Å². The lowest BCUT2D eigenvalue weighted by Gasteiger charge is -2.10. The van der Waals surface area contributed by atoms with Crippen molar-refractivity contribution in [1.29, 1.82) is 0 Å². The lowest BCUT2D eigenvalue weighted by atomic mass is 10.2. The maximum Gasteiger partial charge on any atom is 0.319 e. The third-order valence-electron chi connectivity index (χ3n) is 5.44. The van der Waals surface area contributed by atoms with Crippen LogP contribution < -0.4 is 26.0 Å². The van der Waals surface area contributed by atoms with Crippen molar-refractivity contribution in [3.63, 3.8) is 0 Å². The lowest BCUT2D eigenvalue weighted by molar-refractivity contribution is 0.251. The number of aromatic nitrogens is 4. The SMILES string of the molecule is COc1cccc(NC(=O)NCc2ccc(Nc3[nH]nc4ncnc(Nc5cccc(Cl)c5)c34)cc2)c1. The van der Waals surface area contributed by atoms with Gasteiger partial charge in [0, 0.05) is 34.7 Å². The first-order chi connectivity index (χ1) is 18.1. The zero-order valence-electron chi connectivity index (χ0n) is 19.7. The summed E-state index contributed by atoms with van der Waals surface area (Å²) in [5, 5.41) is 20.8. The van der Waals surface area contributed by atoms with Gasteiger partial charge in [-0.05, 0) is 48.0 Å². The minimum absolute atomic E-state index is 0.306. The average Bonchev–Trinajstić information content (AvgIpc) is 3.32. The highest BCUT2D eigenvalue weighted by Crippen LogP contribution is 2.30. The predicted molar refractivity (Wildman–Crippen MR) is 145 cm³/mol. The number of amides is 2. The van der Waals surface area contributed by atoms with Crippen molar-refractivity contribution >= 4 is 57.4 Å². The number of hydrogen-bond donors (Lipinski definition) is 5. The number of rotatable bonds is 8. The fourth-order valence-corrected chi connectivity index (χ4v) is 3.84. The number of nitrogens with one attached hydrogen (secondary N) is 5. The topological polar surface area (TPSA) is 129 Å². The van der Waals surface area contributed by atoms with E-state index in [0.29, 0.717) is 45.7 Å². The van der Waals surface area contributed by atoms with Gasteiger partial charge < -0.3 is 26.0 Å². The summed E-state index contributed by atoms with van der Waals surface area (Å²) in [5.74, 6) is 1.90. The second-order valence-corrected chi connectivity index (χ2v) is 8.45. The molecule has 2 amide bonds. The Kier molecular flexibility index (Phi) is 7.00. The summed E-state index contributed by atoms with van der Waals surface area (Å²) in [7, 11) is 1.58. The Hall–Kier alpha value is -4.83. The van der Waals surface area contributed by atoms with E-state index in [2.05, 4.69) is 41.4 Å². The van der Waals surface area contributed by atoms with E-state index in [1.807, 2.05) is 54.6 Å². The summed E-state index contributed by atoms with van der Waals surface area (Å²) in [6, 6.07) is 21.9. The molecule has 0 atom stereocenters. The number of urea groups is 1. The molecule has 0 fully saturated rings. The number of carbonyl (C=O) groups excluding carboxylic acids is 1. The van der Waals surface area contributed by atoms with Crippen molar-refractivity contribution < 1.29 is 9.53 Å². The number of aromatic amines is 1. The molecule has 5 N–H and O–H groups in total. The molecule has 0 spiro atoms. The Bertz CT molecular complexity index is 1540. The van der Waals surface area contributed by atoms with Crippen LogP contribution in [0, 0.1) is 0 Å². The van der Waals surface area contributed by atoms with Gasteiger partial charge in [-0.25, -0.2) is 14.8 Å². The molecule has 0 saturated carbocycles. The minimum atomic E-state index is -0.306. The Morgan fingerprint density at radius 2 is 1.76 bits per heavy atom. The highest BCUT2D eigenvalue weighted by molar-refractivity contribution is 6.30. The normalized spacial score (nSPS) is 10.6.